The molecule has 175 valence electrons. The molecule has 17 nitrogen and oxygen atoms in total. The second-order valence-electron chi connectivity index (χ2n) is 6.42. The van der Waals surface area contributed by atoms with Gasteiger partial charge in [-0.25, -0.2) is 23.8 Å². The third-order valence-electron chi connectivity index (χ3n) is 3.99. The smallest absolute Gasteiger partial charge is 0.387 e. The maximum atomic E-state index is 11.9. The van der Waals surface area contributed by atoms with Crippen LogP contribution in [0.25, 0.3) is 11.2 Å². The summed E-state index contributed by atoms with van der Waals surface area (Å²) in [6, 6.07) is 0. The van der Waals surface area contributed by atoms with Gasteiger partial charge >= 0.3 is 23.0 Å². The molecule has 1 radical (unpaired) electrons. The minimum Gasteiger partial charge on any atom is -0.387 e. The number of aromatic nitrogens is 4. The number of aliphatic hydroxyl groups is 2. The van der Waals surface area contributed by atoms with Crippen molar-refractivity contribution in [2.45, 2.75) is 24.5 Å². The quantitative estimate of drug-likeness (QED) is 0.146. The molecule has 6 atom stereocenters. The Morgan fingerprint density at radius 2 is 1.75 bits per heavy atom. The van der Waals surface area contributed by atoms with Gasteiger partial charge in [-0.3, -0.25) is 18.2 Å². The van der Waals surface area contributed by atoms with Gasteiger partial charge in [0.05, 0.1) is 12.9 Å². The van der Waals surface area contributed by atoms with Crippen LogP contribution in [0.2, 0.25) is 0 Å². The molecular formula is C11H18N5NaO12P3. The molecule has 2 aromatic rings. The molecule has 0 aliphatic carbocycles. The van der Waals surface area contributed by atoms with Crippen molar-refractivity contribution in [2.24, 2.45) is 0 Å². The summed E-state index contributed by atoms with van der Waals surface area (Å²) >= 11 is 0. The number of nitrogen functional groups attached to an aromatic ring is 1. The van der Waals surface area contributed by atoms with Gasteiger partial charge in [0.25, 0.3) is 0 Å². The molecule has 1 aliphatic rings. The van der Waals surface area contributed by atoms with Crippen LogP contribution < -0.4 is 5.73 Å². The summed E-state index contributed by atoms with van der Waals surface area (Å²) in [4.78, 5) is 48.0. The van der Waals surface area contributed by atoms with E-state index in [4.69, 9.17) is 20.3 Å². The molecule has 0 amide bonds. The van der Waals surface area contributed by atoms with Crippen LogP contribution >= 0.6 is 23.0 Å². The summed E-state index contributed by atoms with van der Waals surface area (Å²) in [5, 5.41) is 20.5. The van der Waals surface area contributed by atoms with Gasteiger partial charge in [-0.1, -0.05) is 0 Å². The number of anilines is 1. The molecule has 32 heavy (non-hydrogen) atoms. The van der Waals surface area contributed by atoms with Crippen LogP contribution in [0.3, 0.4) is 0 Å². The Labute approximate surface area is 201 Å². The first-order valence-corrected chi connectivity index (χ1v) is 13.2. The Bertz CT molecular complexity index is 1110. The van der Waals surface area contributed by atoms with Crippen LogP contribution in [-0.4, -0.2) is 110 Å². The number of fused-ring (bicyclic) bond motifs is 1. The molecule has 6 unspecified atom stereocenters. The largest absolute Gasteiger partial charge is 0.479 e. The summed E-state index contributed by atoms with van der Waals surface area (Å²) in [6.07, 6.45) is -3.54. The molecule has 2 aromatic heterocycles. The first-order valence-electron chi connectivity index (χ1n) is 8.19. The van der Waals surface area contributed by atoms with Crippen LogP contribution in [0.1, 0.15) is 6.23 Å². The number of phosphoric acid groups is 1. The van der Waals surface area contributed by atoms with E-state index in [1.165, 1.54) is 10.9 Å². The molecular weight excluding hydrogens is 510 g/mol. The van der Waals surface area contributed by atoms with E-state index in [1.807, 2.05) is 0 Å². The van der Waals surface area contributed by atoms with Gasteiger partial charge in [0, 0.05) is 29.6 Å². The molecule has 0 saturated carbocycles. The van der Waals surface area contributed by atoms with Gasteiger partial charge in [0.1, 0.15) is 30.2 Å². The minimum absolute atomic E-state index is 0. The summed E-state index contributed by atoms with van der Waals surface area (Å²) in [5.41, 5.74) is 6.04. The van der Waals surface area contributed by atoms with Gasteiger partial charge in [0.15, 0.2) is 23.6 Å². The SMILES string of the molecule is Nc1ncnc2c1ncn2C1OC(COP(=O)(O)OP(=O)(O)CP(=O)(O)O)C(O)C1O.[Na]. The minimum atomic E-state index is -5.31. The summed E-state index contributed by atoms with van der Waals surface area (Å²) in [7, 11) is -15.6. The third-order valence-corrected chi connectivity index (χ3v) is 9.22. The van der Waals surface area contributed by atoms with Crippen LogP contribution in [0.5, 0.6) is 0 Å². The number of phosphoric ester groups is 1. The van der Waals surface area contributed by atoms with Gasteiger partial charge in [0.2, 0.25) is 0 Å². The summed E-state index contributed by atoms with van der Waals surface area (Å²) < 4.78 is 49.4. The van der Waals surface area contributed by atoms with Gasteiger partial charge in [-0.05, 0) is 0 Å². The Morgan fingerprint density at radius 1 is 1.09 bits per heavy atom. The van der Waals surface area contributed by atoms with E-state index in [2.05, 4.69) is 23.8 Å². The number of aliphatic hydroxyl groups excluding tert-OH is 2. The first-order chi connectivity index (χ1) is 14.2. The predicted octanol–water partition coefficient (Wildman–Crippen LogP) is -1.90. The molecule has 0 aromatic carbocycles. The summed E-state index contributed by atoms with van der Waals surface area (Å²) in [6.45, 7) is -0.901. The number of rotatable bonds is 8. The molecule has 8 N–H and O–H groups in total. The van der Waals surface area contributed by atoms with E-state index in [-0.39, 0.29) is 46.5 Å². The average molecular weight is 528 g/mol. The fourth-order valence-corrected chi connectivity index (χ4v) is 7.11. The zero-order valence-corrected chi connectivity index (χ0v) is 20.9. The molecule has 1 saturated heterocycles. The van der Waals surface area contributed by atoms with E-state index < -0.39 is 60.1 Å². The van der Waals surface area contributed by atoms with Gasteiger partial charge in [-0.15, -0.1) is 0 Å². The molecule has 3 heterocycles. The van der Waals surface area contributed by atoms with Crippen molar-refractivity contribution in [1.29, 1.82) is 0 Å². The van der Waals surface area contributed by atoms with Crippen LogP contribution in [0, 0.1) is 0 Å². The van der Waals surface area contributed by atoms with Crippen molar-refractivity contribution in [1.82, 2.24) is 19.5 Å². The molecule has 3 rings (SSSR count). The zero-order chi connectivity index (χ0) is 23.2. The van der Waals surface area contributed by atoms with Crippen molar-refractivity contribution >= 4 is 69.6 Å². The molecule has 0 bridgehead atoms. The standard InChI is InChI=1S/C11H18N5O12P3.Na/c12-9-6-10(14-2-13-9)16(3-15-6)11-8(18)7(17)5(27-11)1-26-31(24,25)28-30(22,23)4-29(19,20)21;/h2-3,5,7-8,11,17-18H,1,4H2,(H,22,23)(H,24,25)(H2,12,13,14)(H2,19,20,21);. The normalized spacial score (nSPS) is 27.6. The number of ether oxygens (including phenoxy) is 1. The van der Waals surface area contributed by atoms with E-state index in [0.29, 0.717) is 0 Å². The van der Waals surface area contributed by atoms with E-state index in [0.717, 1.165) is 6.33 Å². The van der Waals surface area contributed by atoms with Crippen molar-refractivity contribution in [3.05, 3.63) is 12.7 Å². The fourth-order valence-electron chi connectivity index (χ4n) is 2.76. The van der Waals surface area contributed by atoms with E-state index in [9.17, 15) is 33.7 Å². The fraction of sp³-hybridized carbons (Fsp3) is 0.545. The van der Waals surface area contributed by atoms with E-state index in [1.54, 1.807) is 0 Å². The van der Waals surface area contributed by atoms with Crippen molar-refractivity contribution in [3.8, 4) is 0 Å². The Balaban J connectivity index is 0.00000363. The van der Waals surface area contributed by atoms with E-state index >= 15 is 0 Å². The second-order valence-corrected chi connectivity index (χ2v) is 12.0. The Morgan fingerprint density at radius 3 is 2.38 bits per heavy atom. The summed E-state index contributed by atoms with van der Waals surface area (Å²) in [5.74, 6) is -1.66. The second kappa shape index (κ2) is 10.1. The number of nitrogens with zero attached hydrogens (tertiary/aromatic N) is 4. The molecule has 21 heteroatoms. The van der Waals surface area contributed by atoms with Crippen molar-refractivity contribution in [3.63, 3.8) is 0 Å². The average Bonchev–Trinajstić information content (AvgIpc) is 3.13. The number of nitrogens with two attached hydrogens (primary N) is 1. The van der Waals surface area contributed by atoms with Gasteiger partial charge < -0.3 is 40.3 Å². The van der Waals surface area contributed by atoms with Crippen LogP contribution in [-0.2, 0) is 27.3 Å². The molecule has 0 spiro atoms. The molecule has 1 fully saturated rings. The maximum Gasteiger partial charge on any atom is 0.479 e. The molecule has 1 aliphatic heterocycles. The number of hydrogen-bond acceptors (Lipinski definition) is 12. The zero-order valence-electron chi connectivity index (χ0n) is 16.2. The topological polar surface area (TPSA) is 270 Å². The maximum absolute atomic E-state index is 11.9. The predicted molar refractivity (Wildman–Crippen MR) is 105 cm³/mol. The number of imidazole rings is 1. The number of hydrogen-bond donors (Lipinski definition) is 7. The Kier molecular flexibility index (Phi) is 8.83. The van der Waals surface area contributed by atoms with Crippen molar-refractivity contribution in [2.75, 3.05) is 18.2 Å². The van der Waals surface area contributed by atoms with Gasteiger partial charge in [-0.2, -0.15) is 0 Å². The Hall–Kier alpha value is -0.320. The van der Waals surface area contributed by atoms with Crippen LogP contribution in [0.15, 0.2) is 12.7 Å². The third kappa shape index (κ3) is 6.63. The monoisotopic (exact) mass is 528 g/mol. The first kappa shape index (κ1) is 27.9. The van der Waals surface area contributed by atoms with Crippen molar-refractivity contribution < 1.29 is 57.1 Å². The van der Waals surface area contributed by atoms with Crippen LogP contribution in [0.4, 0.5) is 5.82 Å².